The molecule has 3 rings (SSSR count). The van der Waals surface area contributed by atoms with E-state index in [2.05, 4.69) is 5.10 Å². The second-order valence-corrected chi connectivity index (χ2v) is 5.08. The van der Waals surface area contributed by atoms with Crippen molar-refractivity contribution in [1.29, 1.82) is 0 Å². The lowest BCUT2D eigenvalue weighted by molar-refractivity contribution is -0.137. The van der Waals surface area contributed by atoms with Gasteiger partial charge in [0.2, 0.25) is 0 Å². The van der Waals surface area contributed by atoms with Crippen LogP contribution in [0.25, 0.3) is 5.69 Å². The van der Waals surface area contributed by atoms with Crippen LogP contribution in [0.1, 0.15) is 30.7 Å². The number of carbonyl (C=O) groups is 1. The molecule has 0 aliphatic heterocycles. The van der Waals surface area contributed by atoms with Gasteiger partial charge >= 0.3 is 5.97 Å². The van der Waals surface area contributed by atoms with Crippen LogP contribution in [0.2, 0.25) is 0 Å². The Hall–Kier alpha value is -2.10. The summed E-state index contributed by atoms with van der Waals surface area (Å²) in [7, 11) is 0. The smallest absolute Gasteiger partial charge is 0.303 e. The highest BCUT2D eigenvalue weighted by molar-refractivity contribution is 5.68. The average Bonchev–Trinajstić information content (AvgIpc) is 3.10. The zero-order valence-electron chi connectivity index (χ0n) is 10.6. The fourth-order valence-corrected chi connectivity index (χ4v) is 2.54. The lowest BCUT2D eigenvalue weighted by atomic mass is 9.91. The third-order valence-electron chi connectivity index (χ3n) is 3.68. The first-order valence-corrected chi connectivity index (χ1v) is 6.56. The Morgan fingerprint density at radius 3 is 2.63 bits per heavy atom. The fraction of sp³-hybridized carbons (Fsp3) is 0.333. The summed E-state index contributed by atoms with van der Waals surface area (Å²) < 4.78 is 1.80. The average molecular weight is 256 g/mol. The molecule has 1 aromatic heterocycles. The summed E-state index contributed by atoms with van der Waals surface area (Å²) in [4.78, 5) is 11.0. The van der Waals surface area contributed by atoms with E-state index in [-0.39, 0.29) is 12.3 Å². The van der Waals surface area contributed by atoms with E-state index in [1.54, 1.807) is 10.9 Å². The molecule has 98 valence electrons. The van der Waals surface area contributed by atoms with Crippen LogP contribution < -0.4 is 0 Å². The number of hydrogen-bond donors (Lipinski definition) is 1. The number of aromatic nitrogens is 2. The van der Waals surface area contributed by atoms with E-state index in [1.807, 2.05) is 36.5 Å². The molecule has 4 heteroatoms. The summed E-state index contributed by atoms with van der Waals surface area (Å²) >= 11 is 0. The van der Waals surface area contributed by atoms with Crippen LogP contribution in [-0.2, 0) is 4.79 Å². The Balaban J connectivity index is 1.82. The number of benzene rings is 1. The van der Waals surface area contributed by atoms with Gasteiger partial charge in [0.15, 0.2) is 0 Å². The lowest BCUT2D eigenvalue weighted by Crippen LogP contribution is -2.08. The number of aliphatic carboxylic acids is 1. The summed E-state index contributed by atoms with van der Waals surface area (Å²) in [6.07, 6.45) is 6.17. The first kappa shape index (κ1) is 12.0. The van der Waals surface area contributed by atoms with Crippen molar-refractivity contribution < 1.29 is 9.90 Å². The van der Waals surface area contributed by atoms with Gasteiger partial charge in [-0.05, 0) is 48.4 Å². The van der Waals surface area contributed by atoms with Gasteiger partial charge in [-0.1, -0.05) is 12.1 Å². The van der Waals surface area contributed by atoms with E-state index in [0.717, 1.165) is 24.1 Å². The highest BCUT2D eigenvalue weighted by Gasteiger charge is 2.33. The van der Waals surface area contributed by atoms with Crippen LogP contribution >= 0.6 is 0 Å². The molecule has 2 aromatic rings. The fourth-order valence-electron chi connectivity index (χ4n) is 2.54. The molecule has 1 aliphatic carbocycles. The monoisotopic (exact) mass is 256 g/mol. The van der Waals surface area contributed by atoms with Crippen molar-refractivity contribution in [3.63, 3.8) is 0 Å². The van der Waals surface area contributed by atoms with E-state index in [0.29, 0.717) is 5.92 Å². The molecule has 1 atom stereocenters. The minimum atomic E-state index is -0.715. The number of hydrogen-bond acceptors (Lipinski definition) is 2. The number of carboxylic acids is 1. The number of carboxylic acid groups (broad SMARTS) is 1. The standard InChI is InChI=1S/C15H16N2O2/c18-15(19)10-14(11-2-3-11)12-4-6-13(7-5-12)17-9-1-8-16-17/h1,4-9,11,14H,2-3,10H2,(H,18,19). The molecule has 1 aliphatic rings. The highest BCUT2D eigenvalue weighted by Crippen LogP contribution is 2.44. The van der Waals surface area contributed by atoms with Gasteiger partial charge in [-0.2, -0.15) is 5.10 Å². The molecule has 0 bridgehead atoms. The summed E-state index contributed by atoms with van der Waals surface area (Å²) in [6.45, 7) is 0. The topological polar surface area (TPSA) is 55.1 Å². The second kappa shape index (κ2) is 4.88. The molecule has 0 saturated heterocycles. The molecule has 0 radical (unpaired) electrons. The van der Waals surface area contributed by atoms with Gasteiger partial charge in [0.1, 0.15) is 0 Å². The van der Waals surface area contributed by atoms with Gasteiger partial charge in [0, 0.05) is 12.4 Å². The van der Waals surface area contributed by atoms with Crippen LogP contribution in [0, 0.1) is 5.92 Å². The van der Waals surface area contributed by atoms with Crippen LogP contribution in [0.15, 0.2) is 42.7 Å². The molecular formula is C15H16N2O2. The maximum atomic E-state index is 11.0. The summed E-state index contributed by atoms with van der Waals surface area (Å²) in [5.41, 5.74) is 2.12. The van der Waals surface area contributed by atoms with E-state index in [9.17, 15) is 4.79 Å². The van der Waals surface area contributed by atoms with E-state index in [4.69, 9.17) is 5.11 Å². The van der Waals surface area contributed by atoms with Crippen molar-refractivity contribution in [2.45, 2.75) is 25.2 Å². The zero-order chi connectivity index (χ0) is 13.2. The molecule has 1 saturated carbocycles. The SMILES string of the molecule is O=C(O)CC(c1ccc(-n2cccn2)cc1)C1CC1. The first-order chi connectivity index (χ1) is 9.24. The van der Waals surface area contributed by atoms with Gasteiger partial charge in [-0.15, -0.1) is 0 Å². The zero-order valence-corrected chi connectivity index (χ0v) is 10.6. The molecule has 0 amide bonds. The normalized spacial score (nSPS) is 16.2. The van der Waals surface area contributed by atoms with Gasteiger partial charge in [0.25, 0.3) is 0 Å². The molecule has 19 heavy (non-hydrogen) atoms. The van der Waals surface area contributed by atoms with Crippen molar-refractivity contribution in [1.82, 2.24) is 9.78 Å². The predicted octanol–water partition coefficient (Wildman–Crippen LogP) is 2.84. The van der Waals surface area contributed by atoms with Crippen molar-refractivity contribution in [3.05, 3.63) is 48.3 Å². The molecule has 1 N–H and O–H groups in total. The Kier molecular flexibility index (Phi) is 3.07. The van der Waals surface area contributed by atoms with Crippen LogP contribution in [0.4, 0.5) is 0 Å². The Morgan fingerprint density at radius 2 is 2.11 bits per heavy atom. The van der Waals surface area contributed by atoms with Crippen molar-refractivity contribution in [2.75, 3.05) is 0 Å². The Bertz CT molecular complexity index is 556. The Labute approximate surface area is 111 Å². The maximum absolute atomic E-state index is 11.0. The first-order valence-electron chi connectivity index (χ1n) is 6.56. The molecule has 1 unspecified atom stereocenters. The summed E-state index contributed by atoms with van der Waals surface area (Å²) in [5, 5.41) is 13.2. The minimum absolute atomic E-state index is 0.157. The summed E-state index contributed by atoms with van der Waals surface area (Å²) in [6, 6.07) is 9.94. The van der Waals surface area contributed by atoms with Crippen molar-refractivity contribution >= 4 is 5.97 Å². The maximum Gasteiger partial charge on any atom is 0.303 e. The Morgan fingerprint density at radius 1 is 1.37 bits per heavy atom. The van der Waals surface area contributed by atoms with Gasteiger partial charge in [-0.25, -0.2) is 4.68 Å². The molecular weight excluding hydrogens is 240 g/mol. The number of rotatable bonds is 5. The van der Waals surface area contributed by atoms with E-state index in [1.165, 1.54) is 0 Å². The molecule has 1 heterocycles. The highest BCUT2D eigenvalue weighted by atomic mass is 16.4. The van der Waals surface area contributed by atoms with Crippen LogP contribution in [-0.4, -0.2) is 20.9 Å². The second-order valence-electron chi connectivity index (χ2n) is 5.08. The van der Waals surface area contributed by atoms with Crippen LogP contribution in [0.5, 0.6) is 0 Å². The van der Waals surface area contributed by atoms with Crippen molar-refractivity contribution in [3.8, 4) is 5.69 Å². The van der Waals surface area contributed by atoms with Gasteiger partial charge in [-0.3, -0.25) is 4.79 Å². The number of nitrogens with zero attached hydrogens (tertiary/aromatic N) is 2. The van der Waals surface area contributed by atoms with Crippen molar-refractivity contribution in [2.24, 2.45) is 5.92 Å². The quantitative estimate of drug-likeness (QED) is 0.895. The third-order valence-corrected chi connectivity index (χ3v) is 3.68. The molecule has 1 aromatic carbocycles. The van der Waals surface area contributed by atoms with E-state index >= 15 is 0 Å². The van der Waals surface area contributed by atoms with Crippen LogP contribution in [0.3, 0.4) is 0 Å². The summed E-state index contributed by atoms with van der Waals surface area (Å²) in [5.74, 6) is -0.0103. The minimum Gasteiger partial charge on any atom is -0.481 e. The largest absolute Gasteiger partial charge is 0.481 e. The predicted molar refractivity (Wildman–Crippen MR) is 71.3 cm³/mol. The third kappa shape index (κ3) is 2.67. The van der Waals surface area contributed by atoms with Gasteiger partial charge < -0.3 is 5.11 Å². The van der Waals surface area contributed by atoms with E-state index < -0.39 is 5.97 Å². The van der Waals surface area contributed by atoms with Gasteiger partial charge in [0.05, 0.1) is 12.1 Å². The molecule has 0 spiro atoms. The molecule has 1 fully saturated rings. The molecule has 4 nitrogen and oxygen atoms in total. The lowest BCUT2D eigenvalue weighted by Gasteiger charge is -2.14.